The van der Waals surface area contributed by atoms with Crippen LogP contribution in [0.3, 0.4) is 0 Å². The molecule has 5 nitrogen and oxygen atoms in total. The third-order valence-corrected chi connectivity index (χ3v) is 4.88. The van der Waals surface area contributed by atoms with Gasteiger partial charge in [-0.2, -0.15) is 0 Å². The smallest absolute Gasteiger partial charge is 0.320 e. The summed E-state index contributed by atoms with van der Waals surface area (Å²) in [7, 11) is 1.88. The van der Waals surface area contributed by atoms with Gasteiger partial charge in [-0.1, -0.05) is 13.8 Å². The summed E-state index contributed by atoms with van der Waals surface area (Å²) in [5.74, 6) is 0.122. The molecule has 0 aliphatic carbocycles. The Bertz CT molecular complexity index is 383. The fourth-order valence-corrected chi connectivity index (χ4v) is 3.76. The number of carboxylic acids is 1. The zero-order valence-electron chi connectivity index (χ0n) is 13.4. The van der Waals surface area contributed by atoms with Crippen LogP contribution in [-0.4, -0.2) is 52.6 Å². The average molecular weight is 296 g/mol. The highest BCUT2D eigenvalue weighted by Gasteiger charge is 2.44. The van der Waals surface area contributed by atoms with Crippen molar-refractivity contribution < 1.29 is 14.7 Å². The normalized spacial score (nSPS) is 28.0. The van der Waals surface area contributed by atoms with E-state index < -0.39 is 5.97 Å². The summed E-state index contributed by atoms with van der Waals surface area (Å²) in [4.78, 5) is 27.4. The molecule has 0 aromatic rings. The van der Waals surface area contributed by atoms with Gasteiger partial charge in [0.2, 0.25) is 0 Å². The molecule has 2 aliphatic heterocycles. The Morgan fingerprint density at radius 2 is 1.81 bits per heavy atom. The van der Waals surface area contributed by atoms with Crippen LogP contribution in [0.2, 0.25) is 0 Å². The molecule has 2 bridgehead atoms. The van der Waals surface area contributed by atoms with Crippen LogP contribution in [0.1, 0.15) is 52.4 Å². The lowest BCUT2D eigenvalue weighted by atomic mass is 9.88. The maximum atomic E-state index is 12.6. The molecule has 2 amide bonds. The predicted octanol–water partition coefficient (Wildman–Crippen LogP) is 2.80. The molecule has 5 heteroatoms. The fourth-order valence-electron chi connectivity index (χ4n) is 3.76. The Morgan fingerprint density at radius 1 is 1.24 bits per heavy atom. The van der Waals surface area contributed by atoms with E-state index in [1.165, 1.54) is 0 Å². The van der Waals surface area contributed by atoms with Gasteiger partial charge in [-0.15, -0.1) is 0 Å². The average Bonchev–Trinajstić information content (AvgIpc) is 2.66. The number of hydrogen-bond acceptors (Lipinski definition) is 2. The maximum absolute atomic E-state index is 12.6. The lowest BCUT2D eigenvalue weighted by Gasteiger charge is -2.40. The van der Waals surface area contributed by atoms with Crippen molar-refractivity contribution >= 4 is 12.0 Å². The van der Waals surface area contributed by atoms with Gasteiger partial charge < -0.3 is 14.9 Å². The lowest BCUT2D eigenvalue weighted by Crippen LogP contribution is -2.51. The molecule has 0 spiro atoms. The molecule has 2 aliphatic rings. The Labute approximate surface area is 127 Å². The van der Waals surface area contributed by atoms with E-state index in [1.54, 1.807) is 0 Å². The number of urea groups is 1. The summed E-state index contributed by atoms with van der Waals surface area (Å²) in [5, 5.41) is 8.96. The number of carbonyl (C=O) groups excluding carboxylic acids is 1. The first kappa shape index (κ1) is 16.1. The van der Waals surface area contributed by atoms with Crippen LogP contribution in [0.4, 0.5) is 4.79 Å². The summed E-state index contributed by atoms with van der Waals surface area (Å²) in [5.41, 5.74) is 0. The van der Waals surface area contributed by atoms with Crippen LogP contribution in [-0.2, 0) is 4.79 Å². The minimum absolute atomic E-state index is 0.136. The summed E-state index contributed by atoms with van der Waals surface area (Å²) in [6, 6.07) is 0.640. The number of carboxylic acid groups (broad SMARTS) is 1. The number of piperidine rings is 1. The Hall–Kier alpha value is -1.26. The van der Waals surface area contributed by atoms with E-state index >= 15 is 0 Å². The lowest BCUT2D eigenvalue weighted by molar-refractivity contribution is -0.138. The molecule has 2 unspecified atom stereocenters. The summed E-state index contributed by atoms with van der Waals surface area (Å²) in [6.45, 7) is 5.13. The van der Waals surface area contributed by atoms with Crippen LogP contribution in [0, 0.1) is 11.8 Å². The van der Waals surface area contributed by atoms with Crippen LogP contribution in [0.5, 0.6) is 0 Å². The second-order valence-electron chi connectivity index (χ2n) is 7.11. The molecule has 120 valence electrons. The van der Waals surface area contributed by atoms with Crippen LogP contribution >= 0.6 is 0 Å². The molecule has 2 atom stereocenters. The quantitative estimate of drug-likeness (QED) is 0.848. The van der Waals surface area contributed by atoms with E-state index in [0.29, 0.717) is 5.92 Å². The molecular weight excluding hydrogens is 268 g/mol. The van der Waals surface area contributed by atoms with Crippen molar-refractivity contribution in [3.8, 4) is 0 Å². The monoisotopic (exact) mass is 296 g/mol. The third kappa shape index (κ3) is 3.89. The van der Waals surface area contributed by atoms with Crippen molar-refractivity contribution in [2.45, 2.75) is 64.5 Å². The van der Waals surface area contributed by atoms with E-state index in [1.807, 2.05) is 16.8 Å². The summed E-state index contributed by atoms with van der Waals surface area (Å²) >= 11 is 0. The maximum Gasteiger partial charge on any atom is 0.320 e. The second kappa shape index (κ2) is 6.67. The van der Waals surface area contributed by atoms with Crippen LogP contribution < -0.4 is 0 Å². The number of hydrogen-bond donors (Lipinski definition) is 1. The van der Waals surface area contributed by atoms with E-state index in [4.69, 9.17) is 5.11 Å². The first-order chi connectivity index (χ1) is 9.88. The van der Waals surface area contributed by atoms with Gasteiger partial charge in [0.1, 0.15) is 0 Å². The highest BCUT2D eigenvalue weighted by Crippen LogP contribution is 2.40. The van der Waals surface area contributed by atoms with Gasteiger partial charge in [0.25, 0.3) is 0 Å². The summed E-state index contributed by atoms with van der Waals surface area (Å²) < 4.78 is 0. The topological polar surface area (TPSA) is 60.9 Å². The SMILES string of the molecule is CC(C)CCN(C)C(=O)N1C2CCC1CC(CC(=O)O)C2. The molecule has 1 N–H and O–H groups in total. The molecule has 2 saturated heterocycles. The number of nitrogens with zero attached hydrogens (tertiary/aromatic N) is 2. The molecule has 0 saturated carbocycles. The fraction of sp³-hybridized carbons (Fsp3) is 0.875. The Morgan fingerprint density at radius 3 is 2.29 bits per heavy atom. The number of aliphatic carboxylic acids is 1. The predicted molar refractivity (Wildman–Crippen MR) is 81.1 cm³/mol. The van der Waals surface area contributed by atoms with Crippen LogP contribution in [0.25, 0.3) is 0 Å². The van der Waals surface area contributed by atoms with Crippen LogP contribution in [0.15, 0.2) is 0 Å². The highest BCUT2D eigenvalue weighted by molar-refractivity contribution is 5.75. The number of amides is 2. The Kier molecular flexibility index (Phi) is 5.12. The first-order valence-electron chi connectivity index (χ1n) is 8.13. The molecule has 2 heterocycles. The molecule has 2 fully saturated rings. The third-order valence-electron chi connectivity index (χ3n) is 4.88. The minimum atomic E-state index is -0.715. The van der Waals surface area contributed by atoms with Crippen molar-refractivity contribution in [2.75, 3.05) is 13.6 Å². The van der Waals surface area contributed by atoms with E-state index in [9.17, 15) is 9.59 Å². The molecule has 0 aromatic carbocycles. The molecule has 2 rings (SSSR count). The zero-order valence-corrected chi connectivity index (χ0v) is 13.4. The van der Waals surface area contributed by atoms with Gasteiger partial charge in [-0.25, -0.2) is 4.79 Å². The minimum Gasteiger partial charge on any atom is -0.481 e. The van der Waals surface area contributed by atoms with Crippen molar-refractivity contribution in [2.24, 2.45) is 11.8 Å². The van der Waals surface area contributed by atoms with E-state index in [0.717, 1.165) is 38.6 Å². The van der Waals surface area contributed by atoms with Gasteiger partial charge in [-0.3, -0.25) is 4.79 Å². The van der Waals surface area contributed by atoms with Crippen molar-refractivity contribution in [3.05, 3.63) is 0 Å². The van der Waals surface area contributed by atoms with Crippen molar-refractivity contribution in [1.29, 1.82) is 0 Å². The number of carbonyl (C=O) groups is 2. The second-order valence-corrected chi connectivity index (χ2v) is 7.11. The number of fused-ring (bicyclic) bond motifs is 2. The largest absolute Gasteiger partial charge is 0.481 e. The zero-order chi connectivity index (χ0) is 15.6. The summed E-state index contributed by atoms with van der Waals surface area (Å²) in [6.07, 6.45) is 5.04. The van der Waals surface area contributed by atoms with E-state index in [2.05, 4.69) is 13.8 Å². The van der Waals surface area contributed by atoms with Gasteiger partial charge in [-0.05, 0) is 43.9 Å². The van der Waals surface area contributed by atoms with Gasteiger partial charge >= 0.3 is 12.0 Å². The number of rotatable bonds is 5. The molecule has 0 aromatic heterocycles. The van der Waals surface area contributed by atoms with Gasteiger partial charge in [0.15, 0.2) is 0 Å². The van der Waals surface area contributed by atoms with Gasteiger partial charge in [0, 0.05) is 32.1 Å². The van der Waals surface area contributed by atoms with E-state index in [-0.39, 0.29) is 30.5 Å². The molecule has 21 heavy (non-hydrogen) atoms. The standard InChI is InChI=1S/C16H28N2O3/c1-11(2)6-7-17(3)16(21)18-13-4-5-14(18)9-12(8-13)10-15(19)20/h11-14H,4-10H2,1-3H3,(H,19,20). The Balaban J connectivity index is 1.93. The van der Waals surface area contributed by atoms with Gasteiger partial charge in [0.05, 0.1) is 0 Å². The van der Waals surface area contributed by atoms with Crippen molar-refractivity contribution in [3.63, 3.8) is 0 Å². The highest BCUT2D eigenvalue weighted by atomic mass is 16.4. The van der Waals surface area contributed by atoms with Crippen molar-refractivity contribution in [1.82, 2.24) is 9.80 Å². The first-order valence-corrected chi connectivity index (χ1v) is 8.13. The molecule has 0 radical (unpaired) electrons. The molecular formula is C16H28N2O3.